The number of nitrogens with zero attached hydrogens (tertiary/aromatic N) is 2. The summed E-state index contributed by atoms with van der Waals surface area (Å²) in [6.45, 7) is 9.97. The van der Waals surface area contributed by atoms with E-state index in [-0.39, 0.29) is 0 Å². The maximum atomic E-state index is 5.51. The first-order valence-corrected chi connectivity index (χ1v) is 7.96. The number of benzene rings is 1. The van der Waals surface area contributed by atoms with Crippen molar-refractivity contribution >= 4 is 0 Å². The van der Waals surface area contributed by atoms with Gasteiger partial charge in [-0.3, -0.25) is 9.80 Å². The number of ether oxygens (including phenoxy) is 1. The number of fused-ring (bicyclic) bond motifs is 1. The maximum Gasteiger partial charge on any atom is 0.119 e. The van der Waals surface area contributed by atoms with Gasteiger partial charge < -0.3 is 4.74 Å². The Labute approximate surface area is 122 Å². The molecule has 0 N–H and O–H groups in total. The minimum atomic E-state index is 0.663. The number of hydrogen-bond donors (Lipinski definition) is 0. The molecule has 1 aromatic rings. The van der Waals surface area contributed by atoms with E-state index in [9.17, 15) is 0 Å². The topological polar surface area (TPSA) is 15.7 Å². The molecule has 0 bridgehead atoms. The average molecular weight is 274 g/mol. The lowest BCUT2D eigenvalue weighted by Gasteiger charge is -2.42. The molecule has 0 saturated carbocycles. The van der Waals surface area contributed by atoms with Crippen molar-refractivity contribution in [2.24, 2.45) is 0 Å². The van der Waals surface area contributed by atoms with Crippen molar-refractivity contribution in [3.8, 4) is 5.75 Å². The summed E-state index contributed by atoms with van der Waals surface area (Å²) in [7, 11) is 0. The van der Waals surface area contributed by atoms with Crippen LogP contribution in [0.2, 0.25) is 0 Å². The van der Waals surface area contributed by atoms with E-state index in [0.29, 0.717) is 6.04 Å². The van der Waals surface area contributed by atoms with Gasteiger partial charge in [-0.05, 0) is 50.9 Å². The van der Waals surface area contributed by atoms with Crippen molar-refractivity contribution in [3.63, 3.8) is 0 Å². The predicted octanol–water partition coefficient (Wildman–Crippen LogP) is 2.75. The van der Waals surface area contributed by atoms with Gasteiger partial charge in [0, 0.05) is 31.7 Å². The molecule has 0 radical (unpaired) electrons. The third-order valence-corrected chi connectivity index (χ3v) is 4.69. The molecule has 2 fully saturated rings. The molecule has 0 aliphatic carbocycles. The highest BCUT2D eigenvalue weighted by molar-refractivity contribution is 5.27. The van der Waals surface area contributed by atoms with Crippen LogP contribution in [0.3, 0.4) is 0 Å². The molecule has 1 unspecified atom stereocenters. The van der Waals surface area contributed by atoms with Gasteiger partial charge in [-0.2, -0.15) is 0 Å². The Bertz CT molecular complexity index is 431. The molecule has 3 nitrogen and oxygen atoms in total. The smallest absolute Gasteiger partial charge is 0.119 e. The molecular weight excluding hydrogens is 248 g/mol. The van der Waals surface area contributed by atoms with Crippen LogP contribution >= 0.6 is 0 Å². The van der Waals surface area contributed by atoms with Gasteiger partial charge in [0.25, 0.3) is 0 Å². The molecule has 2 aliphatic rings. The minimum Gasteiger partial charge on any atom is -0.494 e. The molecule has 3 heteroatoms. The molecular formula is C17H26N2O. The quantitative estimate of drug-likeness (QED) is 0.839. The van der Waals surface area contributed by atoms with Gasteiger partial charge in [0.05, 0.1) is 6.61 Å². The summed E-state index contributed by atoms with van der Waals surface area (Å²) in [6.07, 6.45) is 2.76. The van der Waals surface area contributed by atoms with E-state index in [1.807, 2.05) is 6.92 Å². The Morgan fingerprint density at radius 3 is 2.75 bits per heavy atom. The standard InChI is InChI=1S/C17H26N2O/c1-3-20-17-8-6-15(7-9-17)12-19-13-16-5-4-10-18(16)11-14(19)2/h6-9,14,16H,3-5,10-13H2,1-2H3/t14-,16?/m0/s1. The van der Waals surface area contributed by atoms with E-state index >= 15 is 0 Å². The Hall–Kier alpha value is -1.06. The van der Waals surface area contributed by atoms with Gasteiger partial charge in [0.2, 0.25) is 0 Å². The van der Waals surface area contributed by atoms with E-state index in [1.165, 1.54) is 38.0 Å². The summed E-state index contributed by atoms with van der Waals surface area (Å²) < 4.78 is 5.51. The largest absolute Gasteiger partial charge is 0.494 e. The van der Waals surface area contributed by atoms with Gasteiger partial charge in [0.15, 0.2) is 0 Å². The highest BCUT2D eigenvalue weighted by Gasteiger charge is 2.34. The molecule has 0 aromatic heterocycles. The number of piperazine rings is 1. The number of hydrogen-bond acceptors (Lipinski definition) is 3. The van der Waals surface area contributed by atoms with Crippen molar-refractivity contribution in [1.82, 2.24) is 9.80 Å². The summed E-state index contributed by atoms with van der Waals surface area (Å²) in [5.41, 5.74) is 1.40. The third-order valence-electron chi connectivity index (χ3n) is 4.69. The second-order valence-corrected chi connectivity index (χ2v) is 6.15. The predicted molar refractivity (Wildman–Crippen MR) is 82.1 cm³/mol. The van der Waals surface area contributed by atoms with Crippen molar-refractivity contribution < 1.29 is 4.74 Å². The van der Waals surface area contributed by atoms with Crippen LogP contribution in [0.1, 0.15) is 32.3 Å². The van der Waals surface area contributed by atoms with E-state index in [4.69, 9.17) is 4.74 Å². The lowest BCUT2D eigenvalue weighted by atomic mass is 10.1. The fourth-order valence-corrected chi connectivity index (χ4v) is 3.56. The molecule has 3 rings (SSSR count). The zero-order chi connectivity index (χ0) is 13.9. The zero-order valence-electron chi connectivity index (χ0n) is 12.7. The van der Waals surface area contributed by atoms with E-state index < -0.39 is 0 Å². The molecule has 0 amide bonds. The van der Waals surface area contributed by atoms with Crippen LogP contribution < -0.4 is 4.74 Å². The first-order valence-electron chi connectivity index (χ1n) is 7.96. The summed E-state index contributed by atoms with van der Waals surface area (Å²) >= 11 is 0. The third kappa shape index (κ3) is 2.99. The fourth-order valence-electron chi connectivity index (χ4n) is 3.56. The van der Waals surface area contributed by atoms with E-state index in [2.05, 4.69) is 41.0 Å². The SMILES string of the molecule is CCOc1ccc(CN2CC3CCCN3C[C@@H]2C)cc1. The molecule has 2 atom stereocenters. The molecule has 110 valence electrons. The highest BCUT2D eigenvalue weighted by atomic mass is 16.5. The maximum absolute atomic E-state index is 5.51. The minimum absolute atomic E-state index is 0.663. The lowest BCUT2D eigenvalue weighted by molar-refractivity contribution is 0.0540. The fraction of sp³-hybridized carbons (Fsp3) is 0.647. The van der Waals surface area contributed by atoms with Gasteiger partial charge in [0.1, 0.15) is 5.75 Å². The van der Waals surface area contributed by atoms with Crippen LogP contribution in [0.4, 0.5) is 0 Å². The summed E-state index contributed by atoms with van der Waals surface area (Å²) in [5, 5.41) is 0. The van der Waals surface area contributed by atoms with E-state index in [0.717, 1.165) is 24.9 Å². The van der Waals surface area contributed by atoms with Crippen molar-refractivity contribution in [1.29, 1.82) is 0 Å². The van der Waals surface area contributed by atoms with Gasteiger partial charge in [-0.15, -0.1) is 0 Å². The van der Waals surface area contributed by atoms with Gasteiger partial charge in [-0.25, -0.2) is 0 Å². The monoisotopic (exact) mass is 274 g/mol. The molecule has 0 spiro atoms. The van der Waals surface area contributed by atoms with E-state index in [1.54, 1.807) is 0 Å². The Balaban J connectivity index is 1.61. The zero-order valence-corrected chi connectivity index (χ0v) is 12.7. The van der Waals surface area contributed by atoms with Gasteiger partial charge in [-0.1, -0.05) is 12.1 Å². The van der Waals surface area contributed by atoms with Crippen LogP contribution in [-0.4, -0.2) is 48.1 Å². The van der Waals surface area contributed by atoms with Crippen LogP contribution in [0, 0.1) is 0 Å². The summed E-state index contributed by atoms with van der Waals surface area (Å²) in [4.78, 5) is 5.32. The summed E-state index contributed by atoms with van der Waals surface area (Å²) in [6, 6.07) is 10.1. The molecule has 2 saturated heterocycles. The lowest BCUT2D eigenvalue weighted by Crippen LogP contribution is -2.54. The Morgan fingerprint density at radius 2 is 2.00 bits per heavy atom. The van der Waals surface area contributed by atoms with Crippen LogP contribution in [-0.2, 0) is 6.54 Å². The molecule has 2 aliphatic heterocycles. The molecule has 2 heterocycles. The Kier molecular flexibility index (Phi) is 4.27. The molecule has 20 heavy (non-hydrogen) atoms. The summed E-state index contributed by atoms with van der Waals surface area (Å²) in [5.74, 6) is 0.977. The second kappa shape index (κ2) is 6.15. The van der Waals surface area contributed by atoms with Crippen molar-refractivity contribution in [3.05, 3.63) is 29.8 Å². The molecule has 1 aromatic carbocycles. The first kappa shape index (κ1) is 13.9. The van der Waals surface area contributed by atoms with Crippen molar-refractivity contribution in [2.45, 2.75) is 45.3 Å². The van der Waals surface area contributed by atoms with Gasteiger partial charge >= 0.3 is 0 Å². The van der Waals surface area contributed by atoms with Crippen molar-refractivity contribution in [2.75, 3.05) is 26.2 Å². The first-order chi connectivity index (χ1) is 9.76. The second-order valence-electron chi connectivity index (χ2n) is 6.15. The van der Waals surface area contributed by atoms with Crippen LogP contribution in [0.15, 0.2) is 24.3 Å². The average Bonchev–Trinajstić information content (AvgIpc) is 2.89. The van der Waals surface area contributed by atoms with Crippen LogP contribution in [0.25, 0.3) is 0 Å². The Morgan fingerprint density at radius 1 is 1.20 bits per heavy atom. The van der Waals surface area contributed by atoms with Crippen LogP contribution in [0.5, 0.6) is 5.75 Å². The highest BCUT2D eigenvalue weighted by Crippen LogP contribution is 2.26. The normalized spacial score (nSPS) is 27.5. The number of rotatable bonds is 4.